The van der Waals surface area contributed by atoms with E-state index in [0.29, 0.717) is 33.5 Å². The highest BCUT2D eigenvalue weighted by atomic mass is 35.5. The summed E-state index contributed by atoms with van der Waals surface area (Å²) in [6, 6.07) is 22.0. The van der Waals surface area contributed by atoms with E-state index in [1.54, 1.807) is 43.5 Å². The molecule has 7 heteroatoms. The van der Waals surface area contributed by atoms with E-state index in [0.717, 1.165) is 17.0 Å². The first kappa shape index (κ1) is 23.5. The number of hydrogen-bond acceptors (Lipinski definition) is 5. The maximum Gasteiger partial charge on any atom is 0.119 e. The number of hydrogen-bond donors (Lipinski definition) is 2. The summed E-state index contributed by atoms with van der Waals surface area (Å²) in [6.07, 6.45) is 1.08. The molecule has 0 aliphatic heterocycles. The van der Waals surface area contributed by atoms with Crippen molar-refractivity contribution in [3.8, 4) is 17.6 Å². The molecule has 0 amide bonds. The van der Waals surface area contributed by atoms with Gasteiger partial charge in [-0.05, 0) is 65.7 Å². The quantitative estimate of drug-likeness (QED) is 0.301. The third-order valence-corrected chi connectivity index (χ3v) is 5.36. The molecule has 0 saturated heterocycles. The number of benzene rings is 3. The smallest absolute Gasteiger partial charge is 0.119 e. The van der Waals surface area contributed by atoms with E-state index in [1.165, 1.54) is 0 Å². The first-order valence-electron chi connectivity index (χ1n) is 9.84. The highest BCUT2D eigenvalue weighted by Crippen LogP contribution is 2.27. The van der Waals surface area contributed by atoms with Gasteiger partial charge in [-0.1, -0.05) is 41.4 Å². The molecule has 0 spiro atoms. The van der Waals surface area contributed by atoms with Crippen molar-refractivity contribution < 1.29 is 14.6 Å². The van der Waals surface area contributed by atoms with Crippen molar-refractivity contribution in [1.82, 2.24) is 0 Å². The van der Waals surface area contributed by atoms with E-state index in [2.05, 4.69) is 11.4 Å². The van der Waals surface area contributed by atoms with Gasteiger partial charge < -0.3 is 19.9 Å². The normalized spacial score (nSPS) is 12.0. The van der Waals surface area contributed by atoms with Crippen LogP contribution in [-0.2, 0) is 0 Å². The van der Waals surface area contributed by atoms with E-state index in [4.69, 9.17) is 32.7 Å². The number of nitrogens with one attached hydrogen (secondary N) is 1. The Balaban J connectivity index is 1.53. The van der Waals surface area contributed by atoms with Crippen LogP contribution in [0, 0.1) is 11.3 Å². The molecule has 0 bridgehead atoms. The van der Waals surface area contributed by atoms with Crippen LogP contribution < -0.4 is 14.8 Å². The van der Waals surface area contributed by atoms with Crippen molar-refractivity contribution >= 4 is 40.5 Å². The van der Waals surface area contributed by atoms with Crippen LogP contribution >= 0.6 is 23.2 Å². The highest BCUT2D eigenvalue weighted by Gasteiger charge is 2.07. The molecule has 3 aromatic rings. The molecule has 3 aromatic carbocycles. The number of methoxy groups -OCH3 is 1. The summed E-state index contributed by atoms with van der Waals surface area (Å²) in [4.78, 5) is 0. The number of nitrogens with zero attached hydrogens (tertiary/aromatic N) is 1. The summed E-state index contributed by atoms with van der Waals surface area (Å²) in [5, 5.41) is 23.7. The molecule has 0 fully saturated rings. The predicted molar refractivity (Wildman–Crippen MR) is 129 cm³/mol. The summed E-state index contributed by atoms with van der Waals surface area (Å²) in [7, 11) is 1.62. The van der Waals surface area contributed by atoms with Crippen LogP contribution in [0.1, 0.15) is 11.1 Å². The van der Waals surface area contributed by atoms with Crippen molar-refractivity contribution in [1.29, 1.82) is 5.26 Å². The van der Waals surface area contributed by atoms with E-state index in [-0.39, 0.29) is 6.61 Å². The maximum atomic E-state index is 10.2. The van der Waals surface area contributed by atoms with Crippen molar-refractivity contribution in [3.05, 3.63) is 87.9 Å². The van der Waals surface area contributed by atoms with Crippen LogP contribution in [0.3, 0.4) is 0 Å². The van der Waals surface area contributed by atoms with Crippen molar-refractivity contribution in [3.63, 3.8) is 0 Å². The number of anilines is 1. The number of aliphatic hydroxyl groups excluding tert-OH is 1. The number of ether oxygens (including phenoxy) is 2. The SMILES string of the molecule is COc1ccc(NCC(O)COc2ccc(/C=C(\C#N)c3ccc(Cl)c(Cl)c3)cc2)cc1. The molecular weight excluding hydrogens is 447 g/mol. The Kier molecular flexibility index (Phi) is 8.41. The Morgan fingerprint density at radius 3 is 2.34 bits per heavy atom. The Bertz CT molecular complexity index is 1110. The fraction of sp³-hybridized carbons (Fsp3) is 0.160. The van der Waals surface area contributed by atoms with Gasteiger partial charge in [0.25, 0.3) is 0 Å². The summed E-state index contributed by atoms with van der Waals surface area (Å²) >= 11 is 12.0. The Morgan fingerprint density at radius 1 is 1.03 bits per heavy atom. The fourth-order valence-electron chi connectivity index (χ4n) is 2.87. The van der Waals surface area contributed by atoms with Crippen LogP contribution in [0.5, 0.6) is 11.5 Å². The van der Waals surface area contributed by atoms with Crippen LogP contribution in [0.25, 0.3) is 11.6 Å². The lowest BCUT2D eigenvalue weighted by Gasteiger charge is -2.14. The van der Waals surface area contributed by atoms with Crippen LogP contribution in [0.4, 0.5) is 5.69 Å². The van der Waals surface area contributed by atoms with Crippen molar-refractivity contribution in [2.45, 2.75) is 6.10 Å². The molecule has 0 saturated carbocycles. The van der Waals surface area contributed by atoms with Crippen LogP contribution in [0.15, 0.2) is 66.7 Å². The molecule has 0 radical (unpaired) electrons. The second-order valence-corrected chi connectivity index (χ2v) is 7.76. The molecule has 1 atom stereocenters. The lowest BCUT2D eigenvalue weighted by molar-refractivity contribution is 0.117. The zero-order valence-electron chi connectivity index (χ0n) is 17.4. The molecule has 0 aromatic heterocycles. The molecule has 0 aliphatic rings. The molecular formula is C25H22Cl2N2O3. The third kappa shape index (κ3) is 6.66. The molecule has 0 aliphatic carbocycles. The second kappa shape index (κ2) is 11.4. The number of rotatable bonds is 9. The third-order valence-electron chi connectivity index (χ3n) is 4.62. The topological polar surface area (TPSA) is 74.5 Å². The minimum atomic E-state index is -0.684. The van der Waals surface area contributed by atoms with Gasteiger partial charge in [-0.2, -0.15) is 5.26 Å². The van der Waals surface area contributed by atoms with Crippen LogP contribution in [0.2, 0.25) is 10.0 Å². The predicted octanol–water partition coefficient (Wildman–Crippen LogP) is 5.92. The van der Waals surface area contributed by atoms with E-state index >= 15 is 0 Å². The first-order chi connectivity index (χ1) is 15.5. The summed E-state index contributed by atoms with van der Waals surface area (Å²) in [5.74, 6) is 1.40. The zero-order chi connectivity index (χ0) is 22.9. The van der Waals surface area contributed by atoms with Gasteiger partial charge in [-0.15, -0.1) is 0 Å². The highest BCUT2D eigenvalue weighted by molar-refractivity contribution is 6.42. The largest absolute Gasteiger partial charge is 0.497 e. The van der Waals surface area contributed by atoms with Crippen LogP contribution in [-0.4, -0.2) is 31.5 Å². The molecule has 0 heterocycles. The van der Waals surface area contributed by atoms with Gasteiger partial charge in [0.05, 0.1) is 28.8 Å². The molecule has 1 unspecified atom stereocenters. The second-order valence-electron chi connectivity index (χ2n) is 6.94. The van der Waals surface area contributed by atoms with Gasteiger partial charge >= 0.3 is 0 Å². The minimum absolute atomic E-state index is 0.144. The fourth-order valence-corrected chi connectivity index (χ4v) is 3.16. The van der Waals surface area contributed by atoms with Gasteiger partial charge in [0, 0.05) is 12.2 Å². The Labute approximate surface area is 197 Å². The molecule has 32 heavy (non-hydrogen) atoms. The Morgan fingerprint density at radius 2 is 1.72 bits per heavy atom. The monoisotopic (exact) mass is 468 g/mol. The van der Waals surface area contributed by atoms with Gasteiger partial charge in [0.2, 0.25) is 0 Å². The first-order valence-corrected chi connectivity index (χ1v) is 10.6. The molecule has 3 rings (SSSR count). The van der Waals surface area contributed by atoms with E-state index in [9.17, 15) is 10.4 Å². The summed E-state index contributed by atoms with van der Waals surface area (Å²) in [5.41, 5.74) is 2.88. The Hall–Kier alpha value is -3.17. The van der Waals surface area contributed by atoms with Gasteiger partial charge in [0.15, 0.2) is 0 Å². The van der Waals surface area contributed by atoms with Crippen molar-refractivity contribution in [2.24, 2.45) is 0 Å². The van der Waals surface area contributed by atoms with Gasteiger partial charge in [0.1, 0.15) is 24.2 Å². The lowest BCUT2D eigenvalue weighted by Crippen LogP contribution is -2.26. The van der Waals surface area contributed by atoms with E-state index < -0.39 is 6.10 Å². The number of aliphatic hydroxyl groups is 1. The number of halogens is 2. The van der Waals surface area contributed by atoms with Crippen molar-refractivity contribution in [2.75, 3.05) is 25.6 Å². The number of nitriles is 1. The van der Waals surface area contributed by atoms with E-state index in [1.807, 2.05) is 36.4 Å². The maximum absolute atomic E-state index is 10.2. The van der Waals surface area contributed by atoms with Gasteiger partial charge in [-0.25, -0.2) is 0 Å². The minimum Gasteiger partial charge on any atom is -0.497 e. The lowest BCUT2D eigenvalue weighted by atomic mass is 10.0. The standard InChI is InChI=1S/C25H22Cl2N2O3/c1-31-22-9-5-20(6-10-22)29-15-21(30)16-32-23-7-2-17(3-8-23)12-19(14-28)18-4-11-24(26)25(27)13-18/h2-13,21,29-30H,15-16H2,1H3/b19-12+. The number of allylic oxidation sites excluding steroid dienone is 1. The molecule has 5 nitrogen and oxygen atoms in total. The summed E-state index contributed by atoms with van der Waals surface area (Å²) in [6.45, 7) is 0.493. The average molecular weight is 469 g/mol. The van der Waals surface area contributed by atoms with Gasteiger partial charge in [-0.3, -0.25) is 0 Å². The summed E-state index contributed by atoms with van der Waals surface area (Å²) < 4.78 is 10.8. The molecule has 164 valence electrons. The zero-order valence-corrected chi connectivity index (χ0v) is 18.9. The molecule has 2 N–H and O–H groups in total. The average Bonchev–Trinajstić information content (AvgIpc) is 2.82.